The van der Waals surface area contributed by atoms with Gasteiger partial charge in [-0.25, -0.2) is 0 Å². The fraction of sp³-hybridized carbons (Fsp3) is 0.857. The van der Waals surface area contributed by atoms with Crippen molar-refractivity contribution in [3.8, 4) is 0 Å². The molecule has 0 bridgehead atoms. The van der Waals surface area contributed by atoms with Crippen LogP contribution in [-0.2, 0) is 9.47 Å². The van der Waals surface area contributed by atoms with Crippen LogP contribution in [-0.4, -0.2) is 46.9 Å². The van der Waals surface area contributed by atoms with Crippen molar-refractivity contribution in [1.29, 1.82) is 0 Å². The molecule has 1 fully saturated rings. The summed E-state index contributed by atoms with van der Waals surface area (Å²) in [4.78, 5) is 3.85. The molecular weight excluding hydrogens is 176 g/mol. The van der Waals surface area contributed by atoms with Crippen LogP contribution in [0.2, 0.25) is 0 Å². The Labute approximate surface area is 75.0 Å². The number of rotatable bonds is 1. The van der Waals surface area contributed by atoms with Crippen LogP contribution in [0.15, 0.2) is 4.99 Å². The van der Waals surface area contributed by atoms with Gasteiger partial charge < -0.3 is 25.4 Å². The Morgan fingerprint density at radius 1 is 1.69 bits per heavy atom. The van der Waals surface area contributed by atoms with Gasteiger partial charge in [0.15, 0.2) is 11.8 Å². The molecule has 74 valence electrons. The molecule has 2 aliphatic rings. The van der Waals surface area contributed by atoms with E-state index < -0.39 is 24.0 Å². The van der Waals surface area contributed by atoms with Gasteiger partial charge in [0.05, 0.1) is 6.61 Å². The molecule has 0 aromatic rings. The average molecular weight is 188 g/mol. The molecule has 1 saturated heterocycles. The average Bonchev–Trinajstić information content (AvgIpc) is 2.46. The minimum Gasteiger partial charge on any atom is -0.451 e. The van der Waals surface area contributed by atoms with Crippen LogP contribution >= 0.6 is 0 Å². The largest absolute Gasteiger partial charge is 0.451 e. The highest BCUT2D eigenvalue weighted by Gasteiger charge is 2.58. The molecule has 0 aromatic carbocycles. The lowest BCUT2D eigenvalue weighted by Gasteiger charge is -2.24. The van der Waals surface area contributed by atoms with Crippen LogP contribution in [0.25, 0.3) is 0 Å². The highest BCUT2D eigenvalue weighted by molar-refractivity contribution is 5.74. The standard InChI is InChI=1S/C7H12N2O4/c1-7-4(11)3(2-10)12-5(7)9-6(8)13-7/h3-5,10-11H,2H2,1H3,(H2,8,9). The molecular formula is C7H12N2O4. The van der Waals surface area contributed by atoms with Crippen molar-refractivity contribution in [2.45, 2.75) is 31.0 Å². The Bertz CT molecular complexity index is 257. The summed E-state index contributed by atoms with van der Waals surface area (Å²) in [6.45, 7) is 1.40. The van der Waals surface area contributed by atoms with Gasteiger partial charge in [-0.15, -0.1) is 0 Å². The summed E-state index contributed by atoms with van der Waals surface area (Å²) in [5, 5.41) is 18.5. The molecule has 0 aromatic heterocycles. The topological polar surface area (TPSA) is 97.3 Å². The van der Waals surface area contributed by atoms with Gasteiger partial charge in [-0.2, -0.15) is 4.99 Å². The van der Waals surface area contributed by atoms with Gasteiger partial charge in [0, 0.05) is 0 Å². The maximum absolute atomic E-state index is 9.70. The monoisotopic (exact) mass is 188 g/mol. The first-order valence-corrected chi connectivity index (χ1v) is 4.04. The second kappa shape index (κ2) is 2.57. The number of ether oxygens (including phenoxy) is 2. The van der Waals surface area contributed by atoms with E-state index in [1.165, 1.54) is 0 Å². The fourth-order valence-electron chi connectivity index (χ4n) is 1.67. The number of nitrogens with two attached hydrogens (primary N) is 1. The molecule has 2 heterocycles. The number of fused-ring (bicyclic) bond motifs is 1. The van der Waals surface area contributed by atoms with Crippen molar-refractivity contribution in [3.63, 3.8) is 0 Å². The second-order valence-corrected chi connectivity index (χ2v) is 3.41. The van der Waals surface area contributed by atoms with Gasteiger partial charge in [0.25, 0.3) is 6.02 Å². The Morgan fingerprint density at radius 2 is 2.38 bits per heavy atom. The Morgan fingerprint density at radius 3 is 2.92 bits per heavy atom. The molecule has 0 aliphatic carbocycles. The molecule has 4 atom stereocenters. The zero-order chi connectivity index (χ0) is 9.64. The van der Waals surface area contributed by atoms with E-state index in [-0.39, 0.29) is 12.6 Å². The maximum Gasteiger partial charge on any atom is 0.285 e. The summed E-state index contributed by atoms with van der Waals surface area (Å²) in [7, 11) is 0. The van der Waals surface area contributed by atoms with Crippen molar-refractivity contribution in [2.24, 2.45) is 10.7 Å². The molecule has 2 aliphatic heterocycles. The van der Waals surface area contributed by atoms with Gasteiger partial charge in [0.1, 0.15) is 12.2 Å². The third-order valence-corrected chi connectivity index (χ3v) is 2.48. The molecule has 0 saturated carbocycles. The highest BCUT2D eigenvalue weighted by Crippen LogP contribution is 2.38. The van der Waals surface area contributed by atoms with Gasteiger partial charge >= 0.3 is 0 Å². The second-order valence-electron chi connectivity index (χ2n) is 3.41. The van der Waals surface area contributed by atoms with E-state index in [1.54, 1.807) is 6.92 Å². The molecule has 4 N–H and O–H groups in total. The van der Waals surface area contributed by atoms with Crippen molar-refractivity contribution in [1.82, 2.24) is 0 Å². The summed E-state index contributed by atoms with van der Waals surface area (Å²) in [5.74, 6) is 0. The summed E-state index contributed by atoms with van der Waals surface area (Å²) in [6, 6.07) is 0.0166. The quantitative estimate of drug-likeness (QED) is 0.449. The first-order chi connectivity index (χ1) is 6.08. The Kier molecular flexibility index (Phi) is 1.73. The van der Waals surface area contributed by atoms with Crippen LogP contribution in [0.1, 0.15) is 6.92 Å². The lowest BCUT2D eigenvalue weighted by atomic mass is 9.97. The zero-order valence-corrected chi connectivity index (χ0v) is 7.17. The number of hydrogen-bond donors (Lipinski definition) is 3. The highest BCUT2D eigenvalue weighted by atomic mass is 16.6. The van der Waals surface area contributed by atoms with Crippen LogP contribution in [0, 0.1) is 0 Å². The van der Waals surface area contributed by atoms with Gasteiger partial charge in [0.2, 0.25) is 0 Å². The molecule has 0 amide bonds. The first kappa shape index (κ1) is 8.74. The third kappa shape index (κ3) is 1.03. The lowest BCUT2D eigenvalue weighted by Crippen LogP contribution is -2.46. The predicted molar refractivity (Wildman–Crippen MR) is 42.9 cm³/mol. The van der Waals surface area contributed by atoms with Crippen molar-refractivity contribution >= 4 is 6.02 Å². The maximum atomic E-state index is 9.70. The van der Waals surface area contributed by atoms with Gasteiger partial charge in [-0.3, -0.25) is 0 Å². The molecule has 2 rings (SSSR count). The number of aliphatic hydroxyl groups excluding tert-OH is 2. The molecule has 13 heavy (non-hydrogen) atoms. The summed E-state index contributed by atoms with van der Waals surface area (Å²) in [5.41, 5.74) is 4.39. The molecule has 6 nitrogen and oxygen atoms in total. The van der Waals surface area contributed by atoms with E-state index in [9.17, 15) is 5.11 Å². The number of aliphatic imine (C=N–C) groups is 1. The van der Waals surface area contributed by atoms with Gasteiger partial charge in [-0.1, -0.05) is 0 Å². The van der Waals surface area contributed by atoms with Crippen molar-refractivity contribution in [2.75, 3.05) is 6.61 Å². The SMILES string of the molecule is CC12OC(N)=NC1OC(CO)C2O. The summed E-state index contributed by atoms with van der Waals surface area (Å²) in [6.07, 6.45) is -2.17. The van der Waals surface area contributed by atoms with E-state index in [2.05, 4.69) is 4.99 Å². The molecule has 0 spiro atoms. The minimum absolute atomic E-state index is 0.0166. The molecule has 0 radical (unpaired) electrons. The van der Waals surface area contributed by atoms with Crippen LogP contribution in [0.3, 0.4) is 0 Å². The van der Waals surface area contributed by atoms with Gasteiger partial charge in [-0.05, 0) is 6.92 Å². The van der Waals surface area contributed by atoms with E-state index in [0.717, 1.165) is 0 Å². The number of amidine groups is 1. The van der Waals surface area contributed by atoms with Crippen LogP contribution in [0.4, 0.5) is 0 Å². The van der Waals surface area contributed by atoms with Crippen LogP contribution in [0.5, 0.6) is 0 Å². The molecule has 4 unspecified atom stereocenters. The third-order valence-electron chi connectivity index (χ3n) is 2.48. The smallest absolute Gasteiger partial charge is 0.285 e. The van der Waals surface area contributed by atoms with Crippen molar-refractivity contribution < 1.29 is 19.7 Å². The lowest BCUT2D eigenvalue weighted by molar-refractivity contribution is -0.0341. The number of aliphatic hydroxyl groups is 2. The van der Waals surface area contributed by atoms with Crippen molar-refractivity contribution in [3.05, 3.63) is 0 Å². The predicted octanol–water partition coefficient (Wildman–Crippen LogP) is -1.83. The van der Waals surface area contributed by atoms with E-state index in [0.29, 0.717) is 0 Å². The normalized spacial score (nSPS) is 48.5. The van der Waals surface area contributed by atoms with E-state index in [4.69, 9.17) is 20.3 Å². The van der Waals surface area contributed by atoms with E-state index >= 15 is 0 Å². The number of nitrogens with zero attached hydrogens (tertiary/aromatic N) is 1. The van der Waals surface area contributed by atoms with E-state index in [1.807, 2.05) is 0 Å². The Hall–Kier alpha value is -0.850. The molecule has 6 heteroatoms. The number of hydrogen-bond acceptors (Lipinski definition) is 6. The Balaban J connectivity index is 2.23. The summed E-state index contributed by atoms with van der Waals surface area (Å²) < 4.78 is 10.4. The van der Waals surface area contributed by atoms with Crippen LogP contribution < -0.4 is 5.73 Å². The first-order valence-electron chi connectivity index (χ1n) is 4.04. The zero-order valence-electron chi connectivity index (χ0n) is 7.17. The minimum atomic E-state index is -0.947. The summed E-state index contributed by atoms with van der Waals surface area (Å²) >= 11 is 0. The fourth-order valence-corrected chi connectivity index (χ4v) is 1.67.